The van der Waals surface area contributed by atoms with Gasteiger partial charge in [0.15, 0.2) is 0 Å². The van der Waals surface area contributed by atoms with E-state index in [0.717, 1.165) is 17.7 Å². The van der Waals surface area contributed by atoms with Crippen LogP contribution in [0.3, 0.4) is 0 Å². The van der Waals surface area contributed by atoms with Crippen molar-refractivity contribution in [2.24, 2.45) is 11.3 Å². The smallest absolute Gasteiger partial charge is 0.335 e. The van der Waals surface area contributed by atoms with Crippen LogP contribution < -0.4 is 5.32 Å². The number of aromatic carboxylic acids is 1. The van der Waals surface area contributed by atoms with Crippen molar-refractivity contribution in [1.82, 2.24) is 9.97 Å². The predicted octanol–water partition coefficient (Wildman–Crippen LogP) is 3.42. The minimum Gasteiger partial charge on any atom is -0.478 e. The first-order chi connectivity index (χ1) is 9.81. The van der Waals surface area contributed by atoms with E-state index in [-0.39, 0.29) is 11.0 Å². The zero-order valence-electron chi connectivity index (χ0n) is 12.8. The van der Waals surface area contributed by atoms with Crippen molar-refractivity contribution in [3.63, 3.8) is 0 Å². The number of nitrogens with one attached hydrogen (secondary N) is 1. The molecular weight excluding hydrogens is 266 g/mol. The molecule has 5 nitrogen and oxygen atoms in total. The Balaban J connectivity index is 2.31. The van der Waals surface area contributed by atoms with Crippen molar-refractivity contribution in [3.8, 4) is 0 Å². The fourth-order valence-electron chi connectivity index (χ4n) is 1.85. The summed E-state index contributed by atoms with van der Waals surface area (Å²) in [6.45, 7) is 9.59. The van der Waals surface area contributed by atoms with Crippen LogP contribution in [0.5, 0.6) is 0 Å². The number of benzene rings is 1. The summed E-state index contributed by atoms with van der Waals surface area (Å²) < 4.78 is 0. The van der Waals surface area contributed by atoms with Crippen molar-refractivity contribution < 1.29 is 9.90 Å². The molecule has 21 heavy (non-hydrogen) atoms. The van der Waals surface area contributed by atoms with Gasteiger partial charge >= 0.3 is 5.97 Å². The third-order valence-corrected chi connectivity index (χ3v) is 4.16. The van der Waals surface area contributed by atoms with Gasteiger partial charge in [-0.15, -0.1) is 0 Å². The van der Waals surface area contributed by atoms with Gasteiger partial charge in [0, 0.05) is 11.9 Å². The molecule has 0 aliphatic rings. The van der Waals surface area contributed by atoms with Gasteiger partial charge in [-0.3, -0.25) is 0 Å². The Labute approximate surface area is 124 Å². The molecular formula is C16H21N3O2. The minimum absolute atomic E-state index is 0.137. The molecule has 0 bridgehead atoms. The molecule has 5 heteroatoms. The summed E-state index contributed by atoms with van der Waals surface area (Å²) in [6.07, 6.45) is 1.46. The quantitative estimate of drug-likeness (QED) is 0.881. The van der Waals surface area contributed by atoms with Gasteiger partial charge in [-0.25, -0.2) is 14.8 Å². The SMILES string of the molecule is CC(C)C(C)(C)CNc1ncnc2cc(C(=O)O)ccc12. The fraction of sp³-hybridized carbons (Fsp3) is 0.438. The summed E-state index contributed by atoms with van der Waals surface area (Å²) in [5.41, 5.74) is 1.00. The highest BCUT2D eigenvalue weighted by molar-refractivity contribution is 5.96. The topological polar surface area (TPSA) is 75.1 Å². The molecule has 1 aromatic heterocycles. The van der Waals surface area contributed by atoms with Gasteiger partial charge < -0.3 is 10.4 Å². The summed E-state index contributed by atoms with van der Waals surface area (Å²) in [4.78, 5) is 19.4. The zero-order valence-corrected chi connectivity index (χ0v) is 12.8. The average Bonchev–Trinajstić information content (AvgIpc) is 2.44. The van der Waals surface area contributed by atoms with E-state index >= 15 is 0 Å². The number of carboxylic acids is 1. The number of rotatable bonds is 5. The molecule has 0 saturated heterocycles. The Kier molecular flexibility index (Phi) is 4.11. The van der Waals surface area contributed by atoms with Crippen molar-refractivity contribution in [2.45, 2.75) is 27.7 Å². The Morgan fingerprint density at radius 2 is 2.05 bits per heavy atom. The molecule has 0 spiro atoms. The van der Waals surface area contributed by atoms with Gasteiger partial charge in [0.05, 0.1) is 11.1 Å². The molecule has 2 aromatic rings. The normalized spacial score (nSPS) is 11.9. The van der Waals surface area contributed by atoms with E-state index in [1.807, 2.05) is 0 Å². The van der Waals surface area contributed by atoms with Crippen LogP contribution in [0, 0.1) is 11.3 Å². The number of nitrogens with zero attached hydrogens (tertiary/aromatic N) is 2. The molecule has 1 aromatic carbocycles. The molecule has 0 aliphatic heterocycles. The maximum atomic E-state index is 11.0. The van der Waals surface area contributed by atoms with Gasteiger partial charge in [0.2, 0.25) is 0 Å². The second-order valence-corrected chi connectivity index (χ2v) is 6.26. The lowest BCUT2D eigenvalue weighted by atomic mass is 9.81. The molecule has 0 amide bonds. The number of carboxylic acid groups (broad SMARTS) is 1. The number of carbonyl (C=O) groups is 1. The molecule has 0 radical (unpaired) electrons. The number of aromatic nitrogens is 2. The van der Waals surface area contributed by atoms with Gasteiger partial charge in [-0.05, 0) is 29.5 Å². The van der Waals surface area contributed by atoms with Crippen LogP contribution in [-0.2, 0) is 0 Å². The van der Waals surface area contributed by atoms with Gasteiger partial charge in [-0.2, -0.15) is 0 Å². The van der Waals surface area contributed by atoms with Crippen LogP contribution in [0.15, 0.2) is 24.5 Å². The summed E-state index contributed by atoms with van der Waals surface area (Å²) in [6, 6.07) is 4.90. The van der Waals surface area contributed by atoms with E-state index in [2.05, 4.69) is 43.0 Å². The first kappa shape index (κ1) is 15.2. The molecule has 0 fully saturated rings. The first-order valence-electron chi connectivity index (χ1n) is 7.03. The molecule has 0 unspecified atom stereocenters. The second-order valence-electron chi connectivity index (χ2n) is 6.26. The fourth-order valence-corrected chi connectivity index (χ4v) is 1.85. The summed E-state index contributed by atoms with van der Waals surface area (Å²) >= 11 is 0. The highest BCUT2D eigenvalue weighted by Gasteiger charge is 2.22. The summed E-state index contributed by atoms with van der Waals surface area (Å²) in [5, 5.41) is 13.2. The van der Waals surface area contributed by atoms with Gasteiger partial charge in [0.1, 0.15) is 12.1 Å². The Bertz CT molecular complexity index is 666. The van der Waals surface area contributed by atoms with E-state index in [1.165, 1.54) is 6.33 Å². The Morgan fingerprint density at radius 1 is 1.33 bits per heavy atom. The maximum Gasteiger partial charge on any atom is 0.335 e. The summed E-state index contributed by atoms with van der Waals surface area (Å²) in [5.74, 6) is 0.327. The van der Waals surface area contributed by atoms with Crippen molar-refractivity contribution in [1.29, 1.82) is 0 Å². The van der Waals surface area contributed by atoms with E-state index in [1.54, 1.807) is 18.2 Å². The van der Waals surface area contributed by atoms with Crippen molar-refractivity contribution in [3.05, 3.63) is 30.1 Å². The van der Waals surface area contributed by atoms with Crippen LogP contribution >= 0.6 is 0 Å². The van der Waals surface area contributed by atoms with E-state index in [4.69, 9.17) is 5.11 Å². The maximum absolute atomic E-state index is 11.0. The highest BCUT2D eigenvalue weighted by Crippen LogP contribution is 2.27. The monoisotopic (exact) mass is 287 g/mol. The third kappa shape index (κ3) is 3.29. The average molecular weight is 287 g/mol. The van der Waals surface area contributed by atoms with Crippen molar-refractivity contribution in [2.75, 3.05) is 11.9 Å². The third-order valence-electron chi connectivity index (χ3n) is 4.16. The predicted molar refractivity (Wildman–Crippen MR) is 83.6 cm³/mol. The molecule has 2 rings (SSSR count). The lowest BCUT2D eigenvalue weighted by Crippen LogP contribution is -2.28. The number of hydrogen-bond donors (Lipinski definition) is 2. The minimum atomic E-state index is -0.953. The zero-order chi connectivity index (χ0) is 15.6. The van der Waals surface area contributed by atoms with E-state index in [9.17, 15) is 4.79 Å². The van der Waals surface area contributed by atoms with E-state index < -0.39 is 5.97 Å². The standard InChI is InChI=1S/C16H21N3O2/c1-10(2)16(3,4)8-17-14-12-6-5-11(15(20)21)7-13(12)18-9-19-14/h5-7,9-10H,8H2,1-4H3,(H,20,21)(H,17,18,19). The van der Waals surface area contributed by atoms with E-state index in [0.29, 0.717) is 11.4 Å². The lowest BCUT2D eigenvalue weighted by Gasteiger charge is -2.29. The van der Waals surface area contributed by atoms with Crippen LogP contribution in [0.1, 0.15) is 38.1 Å². The molecule has 2 N–H and O–H groups in total. The van der Waals surface area contributed by atoms with Crippen LogP contribution in [0.25, 0.3) is 10.9 Å². The molecule has 0 atom stereocenters. The Hall–Kier alpha value is -2.17. The number of hydrogen-bond acceptors (Lipinski definition) is 4. The second kappa shape index (κ2) is 5.68. The van der Waals surface area contributed by atoms with Crippen LogP contribution in [0.4, 0.5) is 5.82 Å². The highest BCUT2D eigenvalue weighted by atomic mass is 16.4. The number of fused-ring (bicyclic) bond motifs is 1. The lowest BCUT2D eigenvalue weighted by molar-refractivity contribution is 0.0697. The van der Waals surface area contributed by atoms with Crippen LogP contribution in [-0.4, -0.2) is 27.6 Å². The van der Waals surface area contributed by atoms with Crippen LogP contribution in [0.2, 0.25) is 0 Å². The largest absolute Gasteiger partial charge is 0.478 e. The van der Waals surface area contributed by atoms with Gasteiger partial charge in [0.25, 0.3) is 0 Å². The molecule has 0 aliphatic carbocycles. The Morgan fingerprint density at radius 3 is 2.67 bits per heavy atom. The number of anilines is 1. The summed E-state index contributed by atoms with van der Waals surface area (Å²) in [7, 11) is 0. The first-order valence-corrected chi connectivity index (χ1v) is 7.03. The van der Waals surface area contributed by atoms with Crippen molar-refractivity contribution >= 4 is 22.7 Å². The molecule has 112 valence electrons. The molecule has 1 heterocycles. The molecule has 0 saturated carbocycles. The van der Waals surface area contributed by atoms with Gasteiger partial charge in [-0.1, -0.05) is 27.7 Å².